The molecule has 0 atom stereocenters. The average Bonchev–Trinajstić information content (AvgIpc) is 2.29. The molecule has 0 aliphatic carbocycles. The summed E-state index contributed by atoms with van der Waals surface area (Å²) in [6.07, 6.45) is 4.55. The summed E-state index contributed by atoms with van der Waals surface area (Å²) in [5.74, 6) is -1.04. The minimum atomic E-state index is -1.04. The summed E-state index contributed by atoms with van der Waals surface area (Å²) < 4.78 is 4.82. The van der Waals surface area contributed by atoms with Crippen LogP contribution in [0.1, 0.15) is 13.3 Å². The Hall–Kier alpha value is -1.56. The molecule has 0 radical (unpaired) electrons. The fraction of sp³-hybridized carbons (Fsp3) is 0.636. The third-order valence-corrected chi connectivity index (χ3v) is 2.00. The van der Waals surface area contributed by atoms with Crippen molar-refractivity contribution in [1.82, 2.24) is 10.2 Å². The van der Waals surface area contributed by atoms with Gasteiger partial charge in [-0.1, -0.05) is 12.2 Å². The maximum Gasteiger partial charge on any atom is 0.323 e. The Labute approximate surface area is 101 Å². The van der Waals surface area contributed by atoms with Crippen molar-refractivity contribution in [2.45, 2.75) is 13.3 Å². The molecule has 6 heteroatoms. The molecule has 2 N–H and O–H groups in total. The number of ether oxygens (including phenoxy) is 1. The standard InChI is InChI=1S/C11H20N2O4/c1-3-4-5-6-12-11(16)13(7-8-17-2)9-10(14)15/h3-4H,5-9H2,1-2H3,(H,12,16)(H,14,15)/b4-3+. The van der Waals surface area contributed by atoms with Crippen molar-refractivity contribution >= 4 is 12.0 Å². The van der Waals surface area contributed by atoms with Gasteiger partial charge in [0, 0.05) is 20.2 Å². The van der Waals surface area contributed by atoms with E-state index < -0.39 is 5.97 Å². The number of urea groups is 1. The van der Waals surface area contributed by atoms with Gasteiger partial charge >= 0.3 is 12.0 Å². The number of rotatable bonds is 8. The van der Waals surface area contributed by atoms with Crippen LogP contribution >= 0.6 is 0 Å². The van der Waals surface area contributed by atoms with Gasteiger partial charge in [-0.05, 0) is 13.3 Å². The van der Waals surface area contributed by atoms with Crippen LogP contribution in [0.25, 0.3) is 0 Å². The molecule has 0 aromatic carbocycles. The molecule has 0 aliphatic rings. The van der Waals surface area contributed by atoms with E-state index in [1.807, 2.05) is 19.1 Å². The molecule has 0 aliphatic heterocycles. The van der Waals surface area contributed by atoms with E-state index in [0.29, 0.717) is 13.2 Å². The van der Waals surface area contributed by atoms with Gasteiger partial charge in [-0.15, -0.1) is 0 Å². The predicted octanol–water partition coefficient (Wildman–Crippen LogP) is 0.695. The number of allylic oxidation sites excluding steroid dienone is 1. The number of amides is 2. The molecule has 17 heavy (non-hydrogen) atoms. The molecule has 0 bridgehead atoms. The van der Waals surface area contributed by atoms with Crippen LogP contribution in [0.2, 0.25) is 0 Å². The molecule has 0 heterocycles. The van der Waals surface area contributed by atoms with E-state index in [1.54, 1.807) is 0 Å². The van der Waals surface area contributed by atoms with Gasteiger partial charge in [0.2, 0.25) is 0 Å². The van der Waals surface area contributed by atoms with E-state index in [0.717, 1.165) is 6.42 Å². The maximum absolute atomic E-state index is 11.6. The van der Waals surface area contributed by atoms with Gasteiger partial charge in [0.05, 0.1) is 6.61 Å². The summed E-state index contributed by atoms with van der Waals surface area (Å²) in [5, 5.41) is 11.3. The number of aliphatic carboxylic acids is 1. The Kier molecular flexibility index (Phi) is 8.77. The van der Waals surface area contributed by atoms with E-state index in [4.69, 9.17) is 9.84 Å². The Balaban J connectivity index is 4.07. The molecular formula is C11H20N2O4. The largest absolute Gasteiger partial charge is 0.480 e. The summed E-state index contributed by atoms with van der Waals surface area (Å²) in [4.78, 5) is 23.4. The summed E-state index contributed by atoms with van der Waals surface area (Å²) in [6, 6.07) is -0.381. The molecule has 0 unspecified atom stereocenters. The van der Waals surface area contributed by atoms with E-state index in [2.05, 4.69) is 5.32 Å². The number of nitrogens with one attached hydrogen (secondary N) is 1. The first kappa shape index (κ1) is 15.4. The molecule has 6 nitrogen and oxygen atoms in total. The normalized spacial score (nSPS) is 10.5. The zero-order valence-electron chi connectivity index (χ0n) is 10.3. The fourth-order valence-electron chi connectivity index (χ4n) is 1.16. The topological polar surface area (TPSA) is 78.9 Å². The molecule has 0 spiro atoms. The highest BCUT2D eigenvalue weighted by molar-refractivity contribution is 5.80. The first-order valence-electron chi connectivity index (χ1n) is 5.46. The molecule has 0 aromatic heterocycles. The lowest BCUT2D eigenvalue weighted by atomic mass is 10.4. The van der Waals surface area contributed by atoms with Gasteiger partial charge in [-0.2, -0.15) is 0 Å². The minimum Gasteiger partial charge on any atom is -0.480 e. The molecule has 0 saturated carbocycles. The predicted molar refractivity (Wildman–Crippen MR) is 63.9 cm³/mol. The van der Waals surface area contributed by atoms with Gasteiger partial charge < -0.3 is 20.1 Å². The maximum atomic E-state index is 11.6. The number of carbonyl (C=O) groups excluding carboxylic acids is 1. The van der Waals surface area contributed by atoms with Crippen LogP contribution in [-0.2, 0) is 9.53 Å². The second-order valence-electron chi connectivity index (χ2n) is 3.40. The van der Waals surface area contributed by atoms with E-state index >= 15 is 0 Å². The highest BCUT2D eigenvalue weighted by Crippen LogP contribution is 1.91. The van der Waals surface area contributed by atoms with Gasteiger partial charge in [0.1, 0.15) is 6.54 Å². The van der Waals surface area contributed by atoms with Crippen LogP contribution in [0.5, 0.6) is 0 Å². The van der Waals surface area contributed by atoms with Crippen molar-refractivity contribution in [3.8, 4) is 0 Å². The molecule has 0 aromatic rings. The Morgan fingerprint density at radius 3 is 2.71 bits per heavy atom. The molecular weight excluding hydrogens is 224 g/mol. The van der Waals surface area contributed by atoms with Crippen LogP contribution in [-0.4, -0.2) is 55.4 Å². The number of methoxy groups -OCH3 is 1. The fourth-order valence-corrected chi connectivity index (χ4v) is 1.16. The quantitative estimate of drug-likeness (QED) is 0.486. The van der Waals surface area contributed by atoms with Crippen molar-refractivity contribution in [3.63, 3.8) is 0 Å². The molecule has 98 valence electrons. The van der Waals surface area contributed by atoms with Crippen molar-refractivity contribution in [2.24, 2.45) is 0 Å². The van der Waals surface area contributed by atoms with Crippen LogP contribution in [0.4, 0.5) is 4.79 Å². The average molecular weight is 244 g/mol. The lowest BCUT2D eigenvalue weighted by Gasteiger charge is -2.20. The molecule has 2 amide bonds. The Morgan fingerprint density at radius 2 is 2.18 bits per heavy atom. The SMILES string of the molecule is C/C=C/CCNC(=O)N(CCOC)CC(=O)O. The first-order valence-corrected chi connectivity index (χ1v) is 5.46. The van der Waals surface area contributed by atoms with Gasteiger partial charge in [-0.3, -0.25) is 4.79 Å². The van der Waals surface area contributed by atoms with Crippen molar-refractivity contribution in [1.29, 1.82) is 0 Å². The van der Waals surface area contributed by atoms with Crippen LogP contribution in [0.15, 0.2) is 12.2 Å². The number of carboxylic acids is 1. The Bertz CT molecular complexity index is 266. The number of carbonyl (C=O) groups is 2. The smallest absolute Gasteiger partial charge is 0.323 e. The van der Waals surface area contributed by atoms with Crippen LogP contribution < -0.4 is 5.32 Å². The summed E-state index contributed by atoms with van der Waals surface area (Å²) in [6.45, 7) is 2.65. The van der Waals surface area contributed by atoms with Crippen LogP contribution in [0, 0.1) is 0 Å². The molecule has 0 saturated heterocycles. The van der Waals surface area contributed by atoms with E-state index in [1.165, 1.54) is 12.0 Å². The number of nitrogens with zero attached hydrogens (tertiary/aromatic N) is 1. The third kappa shape index (κ3) is 8.27. The Morgan fingerprint density at radius 1 is 1.47 bits per heavy atom. The lowest BCUT2D eigenvalue weighted by molar-refractivity contribution is -0.137. The highest BCUT2D eigenvalue weighted by Gasteiger charge is 2.15. The summed E-state index contributed by atoms with van der Waals surface area (Å²) in [5.41, 5.74) is 0. The van der Waals surface area contributed by atoms with Crippen LogP contribution in [0.3, 0.4) is 0 Å². The zero-order valence-corrected chi connectivity index (χ0v) is 10.3. The molecule has 0 rings (SSSR count). The van der Waals surface area contributed by atoms with E-state index in [9.17, 15) is 9.59 Å². The molecule has 0 fully saturated rings. The highest BCUT2D eigenvalue weighted by atomic mass is 16.5. The first-order chi connectivity index (χ1) is 8.11. The summed E-state index contributed by atoms with van der Waals surface area (Å²) in [7, 11) is 1.50. The van der Waals surface area contributed by atoms with Crippen molar-refractivity contribution in [3.05, 3.63) is 12.2 Å². The second-order valence-corrected chi connectivity index (χ2v) is 3.40. The van der Waals surface area contributed by atoms with Gasteiger partial charge in [0.15, 0.2) is 0 Å². The lowest BCUT2D eigenvalue weighted by Crippen LogP contribution is -2.44. The minimum absolute atomic E-state index is 0.262. The van der Waals surface area contributed by atoms with Crippen molar-refractivity contribution in [2.75, 3.05) is 33.4 Å². The number of carboxylic acid groups (broad SMARTS) is 1. The van der Waals surface area contributed by atoms with Gasteiger partial charge in [-0.25, -0.2) is 4.79 Å². The zero-order chi connectivity index (χ0) is 13.1. The van der Waals surface area contributed by atoms with Gasteiger partial charge in [0.25, 0.3) is 0 Å². The summed E-state index contributed by atoms with van der Waals surface area (Å²) >= 11 is 0. The number of hydrogen-bond donors (Lipinski definition) is 2. The van der Waals surface area contributed by atoms with E-state index in [-0.39, 0.29) is 19.1 Å². The van der Waals surface area contributed by atoms with Crippen molar-refractivity contribution < 1.29 is 19.4 Å². The monoisotopic (exact) mass is 244 g/mol. The second kappa shape index (κ2) is 9.65. The number of hydrogen-bond acceptors (Lipinski definition) is 3. The third-order valence-electron chi connectivity index (χ3n) is 2.00.